The summed E-state index contributed by atoms with van der Waals surface area (Å²) in [4.78, 5) is 23.6. The van der Waals surface area contributed by atoms with Crippen molar-refractivity contribution in [3.05, 3.63) is 0 Å². The highest BCUT2D eigenvalue weighted by molar-refractivity contribution is 5.87. The van der Waals surface area contributed by atoms with E-state index in [1.54, 1.807) is 7.05 Å². The van der Waals surface area contributed by atoms with Gasteiger partial charge in [-0.05, 0) is 12.3 Å². The van der Waals surface area contributed by atoms with Crippen LogP contribution >= 0.6 is 0 Å². The van der Waals surface area contributed by atoms with Crippen molar-refractivity contribution in [3.8, 4) is 0 Å². The minimum atomic E-state index is -0.456. The van der Waals surface area contributed by atoms with Crippen LogP contribution in [0.5, 0.6) is 0 Å². The van der Waals surface area contributed by atoms with Crippen molar-refractivity contribution in [1.82, 2.24) is 16.0 Å². The lowest BCUT2D eigenvalue weighted by Gasteiger charge is -2.25. The van der Waals surface area contributed by atoms with Gasteiger partial charge in [0, 0.05) is 26.1 Å². The van der Waals surface area contributed by atoms with E-state index in [2.05, 4.69) is 16.0 Å². The molecule has 3 N–H and O–H groups in total. The second-order valence-electron chi connectivity index (χ2n) is 5.29. The molecule has 0 aromatic heterocycles. The van der Waals surface area contributed by atoms with Crippen LogP contribution in [-0.4, -0.2) is 50.7 Å². The Hall–Kier alpha value is -1.14. The van der Waals surface area contributed by atoms with Crippen LogP contribution in [0.15, 0.2) is 0 Å². The number of carbonyl (C=O) groups excluding carboxylic acids is 2. The Morgan fingerprint density at radius 3 is 2.68 bits per heavy atom. The maximum absolute atomic E-state index is 11.9. The van der Waals surface area contributed by atoms with Gasteiger partial charge in [-0.3, -0.25) is 9.59 Å². The van der Waals surface area contributed by atoms with Gasteiger partial charge in [-0.25, -0.2) is 0 Å². The quantitative estimate of drug-likeness (QED) is 0.616. The molecule has 6 nitrogen and oxygen atoms in total. The molecule has 6 heteroatoms. The number of rotatable bonds is 6. The molecule has 0 spiro atoms. The number of carbonyl (C=O) groups is 2. The smallest absolute Gasteiger partial charge is 0.242 e. The van der Waals surface area contributed by atoms with E-state index < -0.39 is 6.04 Å². The molecule has 0 aromatic rings. The largest absolute Gasteiger partial charge is 0.378 e. The van der Waals surface area contributed by atoms with Crippen molar-refractivity contribution in [1.29, 1.82) is 0 Å². The van der Waals surface area contributed by atoms with Crippen LogP contribution in [0.25, 0.3) is 0 Å². The van der Waals surface area contributed by atoms with E-state index in [9.17, 15) is 9.59 Å². The van der Waals surface area contributed by atoms with E-state index in [0.29, 0.717) is 32.0 Å². The summed E-state index contributed by atoms with van der Waals surface area (Å²) in [6.45, 7) is 6.05. The topological polar surface area (TPSA) is 79.5 Å². The van der Waals surface area contributed by atoms with Gasteiger partial charge in [0.15, 0.2) is 0 Å². The van der Waals surface area contributed by atoms with Crippen LogP contribution in [0.4, 0.5) is 0 Å². The Kier molecular flexibility index (Phi) is 6.80. The van der Waals surface area contributed by atoms with Crippen molar-refractivity contribution in [3.63, 3.8) is 0 Å². The molecule has 110 valence electrons. The van der Waals surface area contributed by atoms with Crippen molar-refractivity contribution in [2.24, 2.45) is 5.92 Å². The first-order valence-corrected chi connectivity index (χ1v) is 6.85. The van der Waals surface area contributed by atoms with Gasteiger partial charge in [0.05, 0.1) is 13.2 Å². The standard InChI is InChI=1S/C13H25N3O3/c1-9(2)6-11(13(18)14-3)16-12(17)7-10-8-19-5-4-15-10/h9-11,15H,4-8H2,1-3H3,(H,14,18)(H,16,17). The molecule has 0 aromatic carbocycles. The number of ether oxygens (including phenoxy) is 1. The SMILES string of the molecule is CNC(=O)C(CC(C)C)NC(=O)CC1COCCN1. The van der Waals surface area contributed by atoms with Crippen LogP contribution in [0, 0.1) is 5.92 Å². The highest BCUT2D eigenvalue weighted by Gasteiger charge is 2.23. The van der Waals surface area contributed by atoms with Gasteiger partial charge in [0.1, 0.15) is 6.04 Å². The Balaban J connectivity index is 2.43. The molecule has 1 rings (SSSR count). The van der Waals surface area contributed by atoms with Crippen LogP contribution < -0.4 is 16.0 Å². The molecular weight excluding hydrogens is 246 g/mol. The van der Waals surface area contributed by atoms with Crippen LogP contribution in [0.2, 0.25) is 0 Å². The third-order valence-corrected chi connectivity index (χ3v) is 3.04. The fraction of sp³-hybridized carbons (Fsp3) is 0.846. The van der Waals surface area contributed by atoms with E-state index >= 15 is 0 Å². The van der Waals surface area contributed by atoms with E-state index in [1.807, 2.05) is 13.8 Å². The molecule has 1 aliphatic rings. The molecule has 0 radical (unpaired) electrons. The lowest BCUT2D eigenvalue weighted by molar-refractivity contribution is -0.129. The van der Waals surface area contributed by atoms with Crippen molar-refractivity contribution >= 4 is 11.8 Å². The first-order valence-electron chi connectivity index (χ1n) is 6.85. The van der Waals surface area contributed by atoms with Gasteiger partial charge in [0.2, 0.25) is 11.8 Å². The molecule has 19 heavy (non-hydrogen) atoms. The molecular formula is C13H25N3O3. The highest BCUT2D eigenvalue weighted by Crippen LogP contribution is 2.06. The van der Waals surface area contributed by atoms with Crippen LogP contribution in [0.1, 0.15) is 26.7 Å². The molecule has 0 aliphatic carbocycles. The third-order valence-electron chi connectivity index (χ3n) is 3.04. The second kappa shape index (κ2) is 8.12. The number of hydrogen-bond donors (Lipinski definition) is 3. The molecule has 2 unspecified atom stereocenters. The number of likely N-dealkylation sites (N-methyl/N-ethyl adjacent to an activating group) is 1. The fourth-order valence-corrected chi connectivity index (χ4v) is 2.11. The van der Waals surface area contributed by atoms with Crippen LogP contribution in [0.3, 0.4) is 0 Å². The van der Waals surface area contributed by atoms with E-state index in [4.69, 9.17) is 4.74 Å². The minimum Gasteiger partial charge on any atom is -0.378 e. The summed E-state index contributed by atoms with van der Waals surface area (Å²) < 4.78 is 5.30. The molecule has 0 saturated carbocycles. The number of morpholine rings is 1. The normalized spacial score (nSPS) is 20.9. The highest BCUT2D eigenvalue weighted by atomic mass is 16.5. The number of hydrogen-bond acceptors (Lipinski definition) is 4. The van der Waals surface area contributed by atoms with E-state index in [0.717, 1.165) is 6.54 Å². The second-order valence-corrected chi connectivity index (χ2v) is 5.29. The van der Waals surface area contributed by atoms with Gasteiger partial charge in [0.25, 0.3) is 0 Å². The predicted octanol–water partition coefficient (Wildman–Crippen LogP) is -0.358. The Bertz CT molecular complexity index is 302. The first kappa shape index (κ1) is 15.9. The van der Waals surface area contributed by atoms with E-state index in [1.165, 1.54) is 0 Å². The summed E-state index contributed by atoms with van der Waals surface area (Å²) in [5, 5.41) is 8.61. The van der Waals surface area contributed by atoms with E-state index in [-0.39, 0.29) is 17.9 Å². The average Bonchev–Trinajstić information content (AvgIpc) is 2.37. The van der Waals surface area contributed by atoms with Gasteiger partial charge in [-0.1, -0.05) is 13.8 Å². The summed E-state index contributed by atoms with van der Waals surface area (Å²) in [5.41, 5.74) is 0. The molecule has 1 saturated heterocycles. The Morgan fingerprint density at radius 1 is 1.42 bits per heavy atom. The van der Waals surface area contributed by atoms with Gasteiger partial charge in [-0.2, -0.15) is 0 Å². The Morgan fingerprint density at radius 2 is 2.16 bits per heavy atom. The van der Waals surface area contributed by atoms with Crippen molar-refractivity contribution in [2.45, 2.75) is 38.8 Å². The molecule has 1 fully saturated rings. The zero-order valence-corrected chi connectivity index (χ0v) is 12.0. The van der Waals surface area contributed by atoms with Crippen molar-refractivity contribution < 1.29 is 14.3 Å². The molecule has 2 amide bonds. The summed E-state index contributed by atoms with van der Waals surface area (Å²) in [5.74, 6) is 0.0888. The van der Waals surface area contributed by atoms with Crippen LogP contribution in [-0.2, 0) is 14.3 Å². The van der Waals surface area contributed by atoms with Gasteiger partial charge in [-0.15, -0.1) is 0 Å². The average molecular weight is 271 g/mol. The maximum Gasteiger partial charge on any atom is 0.242 e. The lowest BCUT2D eigenvalue weighted by atomic mass is 10.0. The summed E-state index contributed by atoms with van der Waals surface area (Å²) in [6.07, 6.45) is 0.978. The van der Waals surface area contributed by atoms with Gasteiger partial charge < -0.3 is 20.7 Å². The fourth-order valence-electron chi connectivity index (χ4n) is 2.11. The number of amides is 2. The monoisotopic (exact) mass is 271 g/mol. The predicted molar refractivity (Wildman–Crippen MR) is 72.7 cm³/mol. The molecule has 1 aliphatic heterocycles. The minimum absolute atomic E-state index is 0.0399. The zero-order valence-electron chi connectivity index (χ0n) is 12.0. The summed E-state index contributed by atoms with van der Waals surface area (Å²) >= 11 is 0. The maximum atomic E-state index is 11.9. The Labute approximate surface area is 114 Å². The molecule has 0 bridgehead atoms. The van der Waals surface area contributed by atoms with Crippen molar-refractivity contribution in [2.75, 3.05) is 26.8 Å². The first-order chi connectivity index (χ1) is 9.02. The molecule has 1 heterocycles. The lowest BCUT2D eigenvalue weighted by Crippen LogP contribution is -2.49. The third kappa shape index (κ3) is 6.02. The number of nitrogens with one attached hydrogen (secondary N) is 3. The molecule has 2 atom stereocenters. The van der Waals surface area contributed by atoms with Gasteiger partial charge >= 0.3 is 0 Å². The summed E-state index contributed by atoms with van der Waals surface area (Å²) in [6, 6.07) is -0.417. The zero-order chi connectivity index (χ0) is 14.3. The summed E-state index contributed by atoms with van der Waals surface area (Å²) in [7, 11) is 1.58.